The van der Waals surface area contributed by atoms with E-state index in [-0.39, 0.29) is 5.91 Å². The minimum absolute atomic E-state index is 0.271. The van der Waals surface area contributed by atoms with Crippen LogP contribution in [0.1, 0.15) is 31.4 Å². The average Bonchev–Trinajstić information content (AvgIpc) is 3.20. The second kappa shape index (κ2) is 6.68. The van der Waals surface area contributed by atoms with Crippen molar-refractivity contribution in [1.29, 1.82) is 0 Å². The standard InChI is InChI=1S/C15H22N2O2S/c18-15(11-20-14-5-7-16-8-6-14)17(12-3-4-12)10-13-2-1-9-19-13/h1-2,9,12,14,16H,3-8,10-11H2. The molecule has 0 radical (unpaired) electrons. The first-order chi connectivity index (χ1) is 9.83. The van der Waals surface area contributed by atoms with Crippen molar-refractivity contribution in [3.63, 3.8) is 0 Å². The van der Waals surface area contributed by atoms with Gasteiger partial charge in [0.15, 0.2) is 0 Å². The first-order valence-corrected chi connectivity index (χ1v) is 8.52. The molecule has 5 heteroatoms. The molecule has 1 aliphatic heterocycles. The number of hydrogen-bond acceptors (Lipinski definition) is 4. The molecule has 1 N–H and O–H groups in total. The Morgan fingerprint density at radius 2 is 2.15 bits per heavy atom. The Morgan fingerprint density at radius 1 is 1.35 bits per heavy atom. The predicted octanol–water partition coefficient (Wildman–Crippen LogP) is 2.26. The van der Waals surface area contributed by atoms with E-state index in [0.29, 0.717) is 23.6 Å². The van der Waals surface area contributed by atoms with Gasteiger partial charge in [-0.05, 0) is 50.9 Å². The quantitative estimate of drug-likeness (QED) is 0.874. The highest BCUT2D eigenvalue weighted by molar-refractivity contribution is 8.00. The van der Waals surface area contributed by atoms with E-state index in [0.717, 1.165) is 31.7 Å². The zero-order valence-corrected chi connectivity index (χ0v) is 12.5. The molecule has 110 valence electrons. The molecule has 0 unspecified atom stereocenters. The summed E-state index contributed by atoms with van der Waals surface area (Å²) in [4.78, 5) is 14.4. The Balaban J connectivity index is 1.50. The van der Waals surface area contributed by atoms with E-state index in [1.165, 1.54) is 12.8 Å². The average molecular weight is 294 g/mol. The van der Waals surface area contributed by atoms with Gasteiger partial charge in [-0.2, -0.15) is 0 Å². The summed E-state index contributed by atoms with van der Waals surface area (Å²) in [5, 5.41) is 4.01. The second-order valence-electron chi connectivity index (χ2n) is 5.59. The van der Waals surface area contributed by atoms with Crippen molar-refractivity contribution in [2.75, 3.05) is 18.8 Å². The highest BCUT2D eigenvalue weighted by Crippen LogP contribution is 2.30. The molecule has 2 aliphatic rings. The maximum Gasteiger partial charge on any atom is 0.233 e. The van der Waals surface area contributed by atoms with Gasteiger partial charge in [-0.15, -0.1) is 11.8 Å². The van der Waals surface area contributed by atoms with Crippen molar-refractivity contribution in [2.45, 2.75) is 43.5 Å². The van der Waals surface area contributed by atoms with Gasteiger partial charge in [-0.25, -0.2) is 0 Å². The topological polar surface area (TPSA) is 45.5 Å². The van der Waals surface area contributed by atoms with Crippen LogP contribution < -0.4 is 5.32 Å². The Morgan fingerprint density at radius 3 is 2.80 bits per heavy atom. The van der Waals surface area contributed by atoms with Crippen LogP contribution in [0.3, 0.4) is 0 Å². The summed E-state index contributed by atoms with van der Waals surface area (Å²) in [5.41, 5.74) is 0. The second-order valence-corrected chi connectivity index (χ2v) is 6.88. The lowest BCUT2D eigenvalue weighted by molar-refractivity contribution is -0.129. The SMILES string of the molecule is O=C(CSC1CCNCC1)N(Cc1ccco1)C1CC1. The van der Waals surface area contributed by atoms with Gasteiger partial charge in [0.05, 0.1) is 18.6 Å². The Hall–Kier alpha value is -0.940. The van der Waals surface area contributed by atoms with Crippen molar-refractivity contribution >= 4 is 17.7 Å². The molecule has 3 rings (SSSR count). The van der Waals surface area contributed by atoms with Crippen LogP contribution in [0.15, 0.2) is 22.8 Å². The zero-order chi connectivity index (χ0) is 13.8. The van der Waals surface area contributed by atoms with Crippen molar-refractivity contribution in [3.05, 3.63) is 24.2 Å². The van der Waals surface area contributed by atoms with Crippen LogP contribution in [0.4, 0.5) is 0 Å². The molecule has 1 amide bonds. The summed E-state index contributed by atoms with van der Waals surface area (Å²) < 4.78 is 5.38. The molecular weight excluding hydrogens is 272 g/mol. The Bertz CT molecular complexity index is 425. The van der Waals surface area contributed by atoms with Crippen molar-refractivity contribution in [1.82, 2.24) is 10.2 Å². The van der Waals surface area contributed by atoms with Crippen molar-refractivity contribution in [3.8, 4) is 0 Å². The van der Waals surface area contributed by atoms with Crippen molar-refractivity contribution < 1.29 is 9.21 Å². The number of furan rings is 1. The maximum atomic E-state index is 12.4. The minimum atomic E-state index is 0.271. The van der Waals surface area contributed by atoms with Crippen LogP contribution in [0.25, 0.3) is 0 Å². The van der Waals surface area contributed by atoms with E-state index in [1.807, 2.05) is 28.8 Å². The van der Waals surface area contributed by atoms with Crippen LogP contribution >= 0.6 is 11.8 Å². The van der Waals surface area contributed by atoms with E-state index in [1.54, 1.807) is 6.26 Å². The number of piperidine rings is 1. The molecule has 1 saturated carbocycles. The summed E-state index contributed by atoms with van der Waals surface area (Å²) in [6, 6.07) is 4.28. The zero-order valence-electron chi connectivity index (χ0n) is 11.7. The summed E-state index contributed by atoms with van der Waals surface area (Å²) >= 11 is 1.83. The van der Waals surface area contributed by atoms with Gasteiger partial charge in [-0.1, -0.05) is 0 Å². The number of amides is 1. The predicted molar refractivity (Wildman–Crippen MR) is 80.6 cm³/mol. The molecule has 1 aromatic rings. The fraction of sp³-hybridized carbons (Fsp3) is 0.667. The number of carbonyl (C=O) groups is 1. The number of nitrogens with one attached hydrogen (secondary N) is 1. The maximum absolute atomic E-state index is 12.4. The minimum Gasteiger partial charge on any atom is -0.467 e. The summed E-state index contributed by atoms with van der Waals surface area (Å²) in [5.74, 6) is 1.77. The smallest absolute Gasteiger partial charge is 0.233 e. The van der Waals surface area contributed by atoms with Crippen LogP contribution in [0, 0.1) is 0 Å². The van der Waals surface area contributed by atoms with Crippen LogP contribution in [-0.2, 0) is 11.3 Å². The fourth-order valence-corrected chi connectivity index (χ4v) is 3.72. The van der Waals surface area contributed by atoms with Gasteiger partial charge in [0.2, 0.25) is 5.91 Å². The van der Waals surface area contributed by atoms with E-state index in [4.69, 9.17) is 4.42 Å². The van der Waals surface area contributed by atoms with Crippen LogP contribution in [0.5, 0.6) is 0 Å². The Kier molecular flexibility index (Phi) is 4.68. The lowest BCUT2D eigenvalue weighted by Gasteiger charge is -2.25. The largest absolute Gasteiger partial charge is 0.467 e. The normalized spacial score (nSPS) is 20.0. The molecule has 0 atom stereocenters. The molecule has 1 aliphatic carbocycles. The first kappa shape index (κ1) is 14.0. The highest BCUT2D eigenvalue weighted by Gasteiger charge is 2.33. The van der Waals surface area contributed by atoms with Gasteiger partial charge in [-0.3, -0.25) is 4.79 Å². The van der Waals surface area contributed by atoms with Crippen molar-refractivity contribution in [2.24, 2.45) is 0 Å². The molecule has 4 nitrogen and oxygen atoms in total. The molecule has 2 fully saturated rings. The third kappa shape index (κ3) is 3.79. The molecule has 2 heterocycles. The number of rotatable bonds is 6. The molecule has 0 spiro atoms. The molecule has 20 heavy (non-hydrogen) atoms. The van der Waals surface area contributed by atoms with E-state index < -0.39 is 0 Å². The highest BCUT2D eigenvalue weighted by atomic mass is 32.2. The Labute approximate surface area is 124 Å². The number of hydrogen-bond donors (Lipinski definition) is 1. The van der Waals surface area contributed by atoms with Gasteiger partial charge >= 0.3 is 0 Å². The number of thioether (sulfide) groups is 1. The number of carbonyl (C=O) groups excluding carboxylic acids is 1. The molecule has 0 bridgehead atoms. The third-order valence-corrected chi connectivity index (χ3v) is 5.30. The summed E-state index contributed by atoms with van der Waals surface area (Å²) in [6.45, 7) is 2.80. The van der Waals surface area contributed by atoms with E-state index >= 15 is 0 Å². The van der Waals surface area contributed by atoms with E-state index in [9.17, 15) is 4.79 Å². The lowest BCUT2D eigenvalue weighted by atomic mass is 10.2. The van der Waals surface area contributed by atoms with E-state index in [2.05, 4.69) is 5.32 Å². The number of nitrogens with zero attached hydrogens (tertiary/aromatic N) is 1. The lowest BCUT2D eigenvalue weighted by Crippen LogP contribution is -2.35. The van der Waals surface area contributed by atoms with Crippen LogP contribution in [0.2, 0.25) is 0 Å². The summed E-state index contributed by atoms with van der Waals surface area (Å²) in [6.07, 6.45) is 6.32. The third-order valence-electron chi connectivity index (χ3n) is 3.94. The van der Waals surface area contributed by atoms with Gasteiger partial charge in [0.1, 0.15) is 5.76 Å². The molecular formula is C15H22N2O2S. The van der Waals surface area contributed by atoms with Gasteiger partial charge < -0.3 is 14.6 Å². The van der Waals surface area contributed by atoms with Crippen LogP contribution in [-0.4, -0.2) is 40.9 Å². The molecule has 1 aromatic heterocycles. The van der Waals surface area contributed by atoms with Gasteiger partial charge in [0.25, 0.3) is 0 Å². The molecule has 0 aromatic carbocycles. The molecule has 1 saturated heterocycles. The monoisotopic (exact) mass is 294 g/mol. The first-order valence-electron chi connectivity index (χ1n) is 7.47. The van der Waals surface area contributed by atoms with Gasteiger partial charge in [0, 0.05) is 11.3 Å². The fourth-order valence-electron chi connectivity index (χ4n) is 2.61. The summed E-state index contributed by atoms with van der Waals surface area (Å²) in [7, 11) is 0.